The van der Waals surface area contributed by atoms with Gasteiger partial charge in [0.1, 0.15) is 17.5 Å². The van der Waals surface area contributed by atoms with Crippen molar-refractivity contribution in [3.8, 4) is 0 Å². The fourth-order valence-corrected chi connectivity index (χ4v) is 6.16. The largest absolute Gasteiger partial charge is 0.336 e. The van der Waals surface area contributed by atoms with Crippen LogP contribution in [-0.4, -0.2) is 59.2 Å². The Bertz CT molecular complexity index is 1690. The SMILES string of the molecule is [C-]#[N+][C@@H]1C[C@@]2(CN1C(=O)[C@H](CC(C)C)N(C)C(=O)C(NC(=O)c1ccc(F)c(F)c1)c1ccccc1)C(=O)Nc1ccccc12. The van der Waals surface area contributed by atoms with Crippen LogP contribution in [0.2, 0.25) is 0 Å². The fraction of sp³-hybridized carbons (Fsp3) is 0.324. The first kappa shape index (κ1) is 31.3. The molecule has 3 aromatic carbocycles. The van der Waals surface area contributed by atoms with Crippen LogP contribution in [0.4, 0.5) is 14.5 Å². The lowest BCUT2D eigenvalue weighted by Gasteiger charge is -2.34. The summed E-state index contributed by atoms with van der Waals surface area (Å²) in [7, 11) is 1.46. The van der Waals surface area contributed by atoms with Crippen molar-refractivity contribution in [2.45, 2.75) is 50.4 Å². The van der Waals surface area contributed by atoms with Gasteiger partial charge in [0.05, 0.1) is 6.42 Å². The number of likely N-dealkylation sites (N-methyl/N-ethyl adjacent to an activating group) is 1. The molecule has 2 heterocycles. The number of hydrogen-bond donors (Lipinski definition) is 2. The molecule has 0 aliphatic carbocycles. The maximum Gasteiger partial charge on any atom is 0.302 e. The first-order valence-corrected chi connectivity index (χ1v) is 14.6. The standard InChI is InChI=1S/C34H33F2N5O4/c1-20(2)16-27(31(43)41-19-34(18-28(41)37-3)23-12-8-9-13-26(23)38-33(34)45)40(4)32(44)29(21-10-6-5-7-11-21)39-30(42)22-14-15-24(35)25(36)17-22/h5-15,17,20,27-29H,16,18-19H2,1-2,4H3,(H,38,45)(H,39,42)/t27-,28-,29?,34-/m0/s1. The topological polar surface area (TPSA) is 103 Å². The molecule has 232 valence electrons. The number of carbonyl (C=O) groups is 4. The lowest BCUT2D eigenvalue weighted by Crippen LogP contribution is -2.54. The number of fused-ring (bicyclic) bond motifs is 2. The molecule has 5 rings (SSSR count). The third kappa shape index (κ3) is 5.88. The Hall–Kier alpha value is -5.11. The molecule has 4 amide bonds. The van der Waals surface area contributed by atoms with Crippen molar-refractivity contribution >= 4 is 29.3 Å². The van der Waals surface area contributed by atoms with Crippen LogP contribution in [0.3, 0.4) is 0 Å². The molecule has 1 unspecified atom stereocenters. The van der Waals surface area contributed by atoms with E-state index in [4.69, 9.17) is 6.57 Å². The summed E-state index contributed by atoms with van der Waals surface area (Å²) in [4.78, 5) is 61.3. The van der Waals surface area contributed by atoms with E-state index in [2.05, 4.69) is 15.5 Å². The highest BCUT2D eigenvalue weighted by atomic mass is 19.2. The number of para-hydroxylation sites is 1. The molecule has 9 nitrogen and oxygen atoms in total. The van der Waals surface area contributed by atoms with Crippen LogP contribution in [0.15, 0.2) is 72.8 Å². The van der Waals surface area contributed by atoms with Crippen molar-refractivity contribution in [2.75, 3.05) is 18.9 Å². The van der Waals surface area contributed by atoms with E-state index in [1.807, 2.05) is 26.0 Å². The van der Waals surface area contributed by atoms with Gasteiger partial charge in [-0.1, -0.05) is 62.4 Å². The second-order valence-electron chi connectivity index (χ2n) is 11.9. The van der Waals surface area contributed by atoms with E-state index in [1.54, 1.807) is 42.5 Å². The summed E-state index contributed by atoms with van der Waals surface area (Å²) in [6.45, 7) is 11.7. The molecule has 0 bridgehead atoms. The van der Waals surface area contributed by atoms with Crippen LogP contribution < -0.4 is 10.6 Å². The second kappa shape index (κ2) is 12.5. The predicted molar refractivity (Wildman–Crippen MR) is 162 cm³/mol. The first-order valence-electron chi connectivity index (χ1n) is 14.6. The van der Waals surface area contributed by atoms with Crippen LogP contribution in [0, 0.1) is 24.1 Å². The van der Waals surface area contributed by atoms with Gasteiger partial charge in [-0.05, 0) is 47.7 Å². The number of benzene rings is 3. The third-order valence-electron chi connectivity index (χ3n) is 8.52. The van der Waals surface area contributed by atoms with Gasteiger partial charge in [-0.3, -0.25) is 28.9 Å². The summed E-state index contributed by atoms with van der Waals surface area (Å²) in [5, 5.41) is 5.50. The van der Waals surface area contributed by atoms with E-state index >= 15 is 0 Å². The highest BCUT2D eigenvalue weighted by molar-refractivity contribution is 6.07. The van der Waals surface area contributed by atoms with Crippen molar-refractivity contribution in [3.63, 3.8) is 0 Å². The van der Waals surface area contributed by atoms with Gasteiger partial charge in [0.2, 0.25) is 11.8 Å². The molecule has 0 saturated carbocycles. The molecule has 0 radical (unpaired) electrons. The van der Waals surface area contributed by atoms with Gasteiger partial charge in [-0.25, -0.2) is 15.4 Å². The van der Waals surface area contributed by atoms with E-state index in [0.29, 0.717) is 11.3 Å². The van der Waals surface area contributed by atoms with Gasteiger partial charge in [0.15, 0.2) is 11.6 Å². The summed E-state index contributed by atoms with van der Waals surface area (Å²) in [6, 6.07) is 16.0. The van der Waals surface area contributed by atoms with Crippen molar-refractivity contribution in [1.29, 1.82) is 0 Å². The van der Waals surface area contributed by atoms with Crippen LogP contribution in [0.25, 0.3) is 4.85 Å². The zero-order chi connectivity index (χ0) is 32.5. The summed E-state index contributed by atoms with van der Waals surface area (Å²) in [5.74, 6) is -4.54. The number of carbonyl (C=O) groups excluding carboxylic acids is 4. The number of nitrogens with one attached hydrogen (secondary N) is 2. The van der Waals surface area contributed by atoms with Crippen LogP contribution >= 0.6 is 0 Å². The monoisotopic (exact) mass is 613 g/mol. The maximum atomic E-state index is 14.3. The van der Waals surface area contributed by atoms with Gasteiger partial charge in [-0.2, -0.15) is 0 Å². The van der Waals surface area contributed by atoms with Crippen LogP contribution in [0.1, 0.15) is 54.2 Å². The van der Waals surface area contributed by atoms with E-state index in [0.717, 1.165) is 23.8 Å². The minimum atomic E-state index is -1.27. The molecule has 0 aromatic heterocycles. The van der Waals surface area contributed by atoms with E-state index in [1.165, 1.54) is 16.8 Å². The molecular weight excluding hydrogens is 580 g/mol. The molecule has 3 aromatic rings. The molecule has 1 fully saturated rings. The number of amides is 4. The molecule has 2 N–H and O–H groups in total. The van der Waals surface area contributed by atoms with Crippen molar-refractivity contribution in [2.24, 2.45) is 5.92 Å². The minimum Gasteiger partial charge on any atom is -0.336 e. The van der Waals surface area contributed by atoms with Crippen LogP contribution in [0.5, 0.6) is 0 Å². The Labute approximate surface area is 260 Å². The number of likely N-dealkylation sites (tertiary alicyclic amines) is 1. The lowest BCUT2D eigenvalue weighted by atomic mass is 9.80. The van der Waals surface area contributed by atoms with Gasteiger partial charge in [0, 0.05) is 24.8 Å². The summed E-state index contributed by atoms with van der Waals surface area (Å²) in [5.41, 5.74) is 0.524. The van der Waals surface area contributed by atoms with Crippen molar-refractivity contribution < 1.29 is 28.0 Å². The Morgan fingerprint density at radius 1 is 1.07 bits per heavy atom. The quantitative estimate of drug-likeness (QED) is 0.361. The molecule has 1 spiro atoms. The van der Waals surface area contributed by atoms with Crippen LogP contribution in [-0.2, 0) is 19.8 Å². The molecule has 11 heteroatoms. The lowest BCUT2D eigenvalue weighted by molar-refractivity contribution is -0.146. The van der Waals surface area contributed by atoms with E-state index in [9.17, 15) is 28.0 Å². The fourth-order valence-electron chi connectivity index (χ4n) is 6.16. The number of rotatable bonds is 8. The van der Waals surface area contributed by atoms with E-state index in [-0.39, 0.29) is 36.8 Å². The van der Waals surface area contributed by atoms with Gasteiger partial charge in [-0.15, -0.1) is 0 Å². The maximum absolute atomic E-state index is 14.3. The number of halogens is 2. The predicted octanol–water partition coefficient (Wildman–Crippen LogP) is 4.68. The molecule has 45 heavy (non-hydrogen) atoms. The third-order valence-corrected chi connectivity index (χ3v) is 8.52. The Morgan fingerprint density at radius 3 is 2.42 bits per heavy atom. The second-order valence-corrected chi connectivity index (χ2v) is 11.9. The number of nitrogens with zero attached hydrogens (tertiary/aromatic N) is 3. The molecule has 2 aliphatic rings. The average Bonchev–Trinajstić information content (AvgIpc) is 3.56. The van der Waals surface area contributed by atoms with E-state index < -0.39 is 53.0 Å². The zero-order valence-electron chi connectivity index (χ0n) is 25.1. The molecular formula is C34H33F2N5O4. The number of anilines is 1. The Morgan fingerprint density at radius 2 is 1.76 bits per heavy atom. The summed E-state index contributed by atoms with van der Waals surface area (Å²) < 4.78 is 27.4. The van der Waals surface area contributed by atoms with Gasteiger partial charge < -0.3 is 15.5 Å². The highest BCUT2D eigenvalue weighted by Gasteiger charge is 2.59. The zero-order valence-corrected chi connectivity index (χ0v) is 25.1. The molecule has 4 atom stereocenters. The van der Waals surface area contributed by atoms with Gasteiger partial charge >= 0.3 is 6.17 Å². The number of hydrogen-bond acceptors (Lipinski definition) is 4. The minimum absolute atomic E-state index is 0.0205. The Balaban J connectivity index is 1.45. The average molecular weight is 614 g/mol. The molecule has 2 aliphatic heterocycles. The summed E-state index contributed by atoms with van der Waals surface area (Å²) in [6.07, 6.45) is -0.560. The Kier molecular flexibility index (Phi) is 8.68. The normalized spacial score (nSPS) is 19.9. The first-order chi connectivity index (χ1) is 21.5. The highest BCUT2D eigenvalue weighted by Crippen LogP contribution is 2.47. The van der Waals surface area contributed by atoms with Crippen molar-refractivity contribution in [3.05, 3.63) is 113 Å². The summed E-state index contributed by atoms with van der Waals surface area (Å²) >= 11 is 0. The van der Waals surface area contributed by atoms with Gasteiger partial charge in [0.25, 0.3) is 11.8 Å². The molecule has 1 saturated heterocycles. The smallest absolute Gasteiger partial charge is 0.302 e. The van der Waals surface area contributed by atoms with Crippen molar-refractivity contribution in [1.82, 2.24) is 15.1 Å².